The predicted molar refractivity (Wildman–Crippen MR) is 69.6 cm³/mol. The first kappa shape index (κ1) is 11.9. The minimum absolute atomic E-state index is 0.305. The molecule has 0 saturated carbocycles. The van der Waals surface area contributed by atoms with E-state index in [9.17, 15) is 0 Å². The van der Waals surface area contributed by atoms with Crippen molar-refractivity contribution in [2.45, 2.75) is 26.7 Å². The number of aryl methyl sites for hydroxylation is 1. The van der Waals surface area contributed by atoms with E-state index in [0.29, 0.717) is 16.6 Å². The lowest BCUT2D eigenvalue weighted by atomic mass is 10.2. The van der Waals surface area contributed by atoms with Gasteiger partial charge in [-0.25, -0.2) is 9.67 Å². The Kier molecular flexibility index (Phi) is 3.07. The van der Waals surface area contributed by atoms with Gasteiger partial charge in [0.25, 0.3) is 0 Å². The molecule has 2 aromatic rings. The van der Waals surface area contributed by atoms with E-state index < -0.39 is 0 Å². The fourth-order valence-electron chi connectivity index (χ4n) is 1.55. The molecule has 0 atom stereocenters. The van der Waals surface area contributed by atoms with Crippen LogP contribution in [0.15, 0.2) is 18.2 Å². The molecule has 0 fully saturated rings. The van der Waals surface area contributed by atoms with Gasteiger partial charge in [-0.1, -0.05) is 25.4 Å². The number of nitrogen functional groups attached to an aromatic ring is 1. The summed E-state index contributed by atoms with van der Waals surface area (Å²) < 4.78 is 1.78. The van der Waals surface area contributed by atoms with Gasteiger partial charge >= 0.3 is 0 Å². The fourth-order valence-corrected chi connectivity index (χ4v) is 1.72. The topological polar surface area (TPSA) is 56.7 Å². The first-order valence-electron chi connectivity index (χ1n) is 5.48. The Morgan fingerprint density at radius 3 is 2.59 bits per heavy atom. The van der Waals surface area contributed by atoms with Gasteiger partial charge in [0.15, 0.2) is 5.82 Å². The zero-order valence-corrected chi connectivity index (χ0v) is 10.9. The molecule has 90 valence electrons. The lowest BCUT2D eigenvalue weighted by Gasteiger charge is -2.05. The minimum Gasteiger partial charge on any atom is -0.398 e. The number of benzene rings is 1. The van der Waals surface area contributed by atoms with Crippen LogP contribution in [0.25, 0.3) is 5.69 Å². The molecule has 2 N–H and O–H groups in total. The molecule has 0 spiro atoms. The largest absolute Gasteiger partial charge is 0.398 e. The summed E-state index contributed by atoms with van der Waals surface area (Å²) in [6.07, 6.45) is 0. The first-order valence-corrected chi connectivity index (χ1v) is 5.86. The van der Waals surface area contributed by atoms with Crippen molar-refractivity contribution in [2.75, 3.05) is 5.73 Å². The molecule has 1 aromatic carbocycles. The van der Waals surface area contributed by atoms with Crippen LogP contribution in [0.4, 0.5) is 5.69 Å². The molecule has 0 aliphatic carbocycles. The zero-order valence-electron chi connectivity index (χ0n) is 10.1. The second kappa shape index (κ2) is 4.37. The first-order chi connectivity index (χ1) is 7.99. The van der Waals surface area contributed by atoms with Gasteiger partial charge in [-0.3, -0.25) is 0 Å². The highest BCUT2D eigenvalue weighted by atomic mass is 35.5. The Bertz CT molecular complexity index is 545. The van der Waals surface area contributed by atoms with Crippen LogP contribution in [0.3, 0.4) is 0 Å². The fraction of sp³-hybridized carbons (Fsp3) is 0.333. The maximum absolute atomic E-state index is 6.00. The molecule has 0 saturated heterocycles. The van der Waals surface area contributed by atoms with Crippen LogP contribution in [0.5, 0.6) is 0 Å². The molecule has 0 amide bonds. The SMILES string of the molecule is Cc1nc(C(C)C)nn1-c1ccc(N)c(Cl)c1. The van der Waals surface area contributed by atoms with Crippen molar-refractivity contribution in [1.29, 1.82) is 0 Å². The van der Waals surface area contributed by atoms with Gasteiger partial charge in [0.2, 0.25) is 0 Å². The molecule has 1 aromatic heterocycles. The molecular weight excluding hydrogens is 236 g/mol. The number of hydrogen-bond donors (Lipinski definition) is 1. The van der Waals surface area contributed by atoms with E-state index in [1.807, 2.05) is 13.0 Å². The molecule has 0 aliphatic heterocycles. The van der Waals surface area contributed by atoms with Crippen molar-refractivity contribution >= 4 is 17.3 Å². The molecule has 17 heavy (non-hydrogen) atoms. The lowest BCUT2D eigenvalue weighted by Crippen LogP contribution is -2.00. The highest BCUT2D eigenvalue weighted by Crippen LogP contribution is 2.22. The monoisotopic (exact) mass is 250 g/mol. The summed E-state index contributed by atoms with van der Waals surface area (Å²) in [5.74, 6) is 1.98. The van der Waals surface area contributed by atoms with Crippen LogP contribution in [0.1, 0.15) is 31.4 Å². The van der Waals surface area contributed by atoms with E-state index >= 15 is 0 Å². The Morgan fingerprint density at radius 1 is 1.35 bits per heavy atom. The Labute approximate surface area is 105 Å². The number of halogens is 1. The van der Waals surface area contributed by atoms with Gasteiger partial charge in [0.05, 0.1) is 16.4 Å². The molecular formula is C12H15ClN4. The van der Waals surface area contributed by atoms with Crippen molar-refractivity contribution in [3.8, 4) is 5.69 Å². The molecule has 1 heterocycles. The summed E-state index contributed by atoms with van der Waals surface area (Å²) in [6, 6.07) is 5.45. The van der Waals surface area contributed by atoms with E-state index in [-0.39, 0.29) is 0 Å². The van der Waals surface area contributed by atoms with Crippen molar-refractivity contribution in [1.82, 2.24) is 14.8 Å². The molecule has 4 nitrogen and oxygen atoms in total. The summed E-state index contributed by atoms with van der Waals surface area (Å²) in [5.41, 5.74) is 7.12. The van der Waals surface area contributed by atoms with E-state index in [0.717, 1.165) is 17.3 Å². The van der Waals surface area contributed by atoms with Gasteiger partial charge in [-0.2, -0.15) is 5.10 Å². The van der Waals surface area contributed by atoms with E-state index in [1.54, 1.807) is 16.8 Å². The summed E-state index contributed by atoms with van der Waals surface area (Å²) >= 11 is 6.00. The number of nitrogens with zero attached hydrogens (tertiary/aromatic N) is 3. The lowest BCUT2D eigenvalue weighted by molar-refractivity contribution is 0.751. The van der Waals surface area contributed by atoms with Crippen LogP contribution < -0.4 is 5.73 Å². The quantitative estimate of drug-likeness (QED) is 0.834. The number of anilines is 1. The number of rotatable bonds is 2. The van der Waals surface area contributed by atoms with E-state index in [1.165, 1.54) is 0 Å². The standard InChI is InChI=1S/C12H15ClN4/c1-7(2)12-15-8(3)17(16-12)9-4-5-11(14)10(13)6-9/h4-7H,14H2,1-3H3. The molecule has 2 rings (SSSR count). The van der Waals surface area contributed by atoms with Crippen molar-refractivity contribution in [2.24, 2.45) is 0 Å². The minimum atomic E-state index is 0.305. The van der Waals surface area contributed by atoms with Gasteiger partial charge in [-0.15, -0.1) is 0 Å². The maximum Gasteiger partial charge on any atom is 0.153 e. The molecule has 0 aliphatic rings. The summed E-state index contributed by atoms with van der Waals surface area (Å²) in [5, 5.41) is 4.99. The van der Waals surface area contributed by atoms with Crippen LogP contribution in [-0.2, 0) is 0 Å². The molecule has 5 heteroatoms. The second-order valence-corrected chi connectivity index (χ2v) is 4.70. The summed E-state index contributed by atoms with van der Waals surface area (Å²) in [6.45, 7) is 6.05. The van der Waals surface area contributed by atoms with Gasteiger partial charge in [0, 0.05) is 5.92 Å². The second-order valence-electron chi connectivity index (χ2n) is 4.29. The third-order valence-electron chi connectivity index (χ3n) is 2.53. The number of hydrogen-bond acceptors (Lipinski definition) is 3. The van der Waals surface area contributed by atoms with Gasteiger partial charge in [-0.05, 0) is 25.1 Å². The Morgan fingerprint density at radius 2 is 2.06 bits per heavy atom. The van der Waals surface area contributed by atoms with E-state index in [4.69, 9.17) is 17.3 Å². The molecule has 0 unspecified atom stereocenters. The Balaban J connectivity index is 2.49. The van der Waals surface area contributed by atoms with Gasteiger partial charge in [0.1, 0.15) is 5.82 Å². The van der Waals surface area contributed by atoms with Gasteiger partial charge < -0.3 is 5.73 Å². The normalized spacial score (nSPS) is 11.1. The third kappa shape index (κ3) is 2.26. The summed E-state index contributed by atoms with van der Waals surface area (Å²) in [7, 11) is 0. The smallest absolute Gasteiger partial charge is 0.153 e. The van der Waals surface area contributed by atoms with Crippen LogP contribution in [-0.4, -0.2) is 14.8 Å². The van der Waals surface area contributed by atoms with Crippen LogP contribution in [0.2, 0.25) is 5.02 Å². The molecule has 0 radical (unpaired) electrons. The highest BCUT2D eigenvalue weighted by molar-refractivity contribution is 6.33. The van der Waals surface area contributed by atoms with Crippen molar-refractivity contribution in [3.63, 3.8) is 0 Å². The molecule has 0 bridgehead atoms. The summed E-state index contributed by atoms with van der Waals surface area (Å²) in [4.78, 5) is 4.42. The van der Waals surface area contributed by atoms with E-state index in [2.05, 4.69) is 23.9 Å². The average Bonchev–Trinajstić information content (AvgIpc) is 2.65. The maximum atomic E-state index is 6.00. The third-order valence-corrected chi connectivity index (χ3v) is 2.86. The van der Waals surface area contributed by atoms with Crippen LogP contribution >= 0.6 is 11.6 Å². The zero-order chi connectivity index (χ0) is 12.6. The average molecular weight is 251 g/mol. The highest BCUT2D eigenvalue weighted by Gasteiger charge is 2.11. The van der Waals surface area contributed by atoms with Crippen LogP contribution in [0, 0.1) is 6.92 Å². The number of nitrogens with two attached hydrogens (primary N) is 1. The predicted octanol–water partition coefficient (Wildman–Crippen LogP) is 2.93. The Hall–Kier alpha value is -1.55. The van der Waals surface area contributed by atoms with Crippen molar-refractivity contribution < 1.29 is 0 Å². The van der Waals surface area contributed by atoms with Crippen molar-refractivity contribution in [3.05, 3.63) is 34.9 Å². The number of aromatic nitrogens is 3.